The van der Waals surface area contributed by atoms with Crippen LogP contribution in [0.2, 0.25) is 0 Å². The van der Waals surface area contributed by atoms with Crippen LogP contribution < -0.4 is 5.32 Å². The summed E-state index contributed by atoms with van der Waals surface area (Å²) in [6.07, 6.45) is 3.52. The summed E-state index contributed by atoms with van der Waals surface area (Å²) in [6, 6.07) is 0. The van der Waals surface area contributed by atoms with Gasteiger partial charge >= 0.3 is 0 Å². The fraction of sp³-hybridized carbons (Fsp3) is 0.455. The Morgan fingerprint density at radius 2 is 2.24 bits per heavy atom. The molecule has 0 unspecified atom stereocenters. The Morgan fingerprint density at radius 1 is 1.41 bits per heavy atom. The van der Waals surface area contributed by atoms with Gasteiger partial charge in [0.2, 0.25) is 0 Å². The molecule has 0 bridgehead atoms. The molecule has 2 heterocycles. The molecule has 2 aromatic heterocycles. The molecule has 17 heavy (non-hydrogen) atoms. The molecule has 0 spiro atoms. The molecular formula is C11H17ClN4S. The van der Waals surface area contributed by atoms with E-state index in [2.05, 4.69) is 39.5 Å². The first-order valence-corrected chi connectivity index (χ1v) is 6.26. The monoisotopic (exact) mass is 272 g/mol. The highest BCUT2D eigenvalue weighted by atomic mass is 35.5. The zero-order chi connectivity index (χ0) is 11.4. The fourth-order valence-corrected chi connectivity index (χ4v) is 2.21. The molecule has 2 aromatic rings. The van der Waals surface area contributed by atoms with Gasteiger partial charge in [0.05, 0.1) is 17.0 Å². The highest BCUT2D eigenvalue weighted by molar-refractivity contribution is 7.09. The van der Waals surface area contributed by atoms with Crippen molar-refractivity contribution in [2.75, 3.05) is 0 Å². The Bertz CT molecular complexity index is 424. The number of nitrogens with one attached hydrogen (secondary N) is 2. The van der Waals surface area contributed by atoms with Crippen molar-refractivity contribution in [2.24, 2.45) is 0 Å². The molecule has 0 saturated heterocycles. The van der Waals surface area contributed by atoms with Crippen molar-refractivity contribution in [3.63, 3.8) is 0 Å². The van der Waals surface area contributed by atoms with E-state index in [1.54, 1.807) is 17.7 Å². The van der Waals surface area contributed by atoms with Gasteiger partial charge in [-0.05, 0) is 0 Å². The topological polar surface area (TPSA) is 53.6 Å². The van der Waals surface area contributed by atoms with E-state index in [1.807, 2.05) is 6.20 Å². The lowest BCUT2D eigenvalue weighted by atomic mass is 10.2. The van der Waals surface area contributed by atoms with Crippen molar-refractivity contribution in [3.8, 4) is 0 Å². The van der Waals surface area contributed by atoms with E-state index in [0.717, 1.165) is 24.5 Å². The molecule has 4 nitrogen and oxygen atoms in total. The van der Waals surface area contributed by atoms with Gasteiger partial charge in [-0.25, -0.2) is 9.97 Å². The van der Waals surface area contributed by atoms with Crippen molar-refractivity contribution < 1.29 is 0 Å². The van der Waals surface area contributed by atoms with Crippen LogP contribution in [0.25, 0.3) is 0 Å². The number of H-pyrrole nitrogens is 1. The molecule has 0 aliphatic carbocycles. The van der Waals surface area contributed by atoms with E-state index >= 15 is 0 Å². The number of rotatable bonds is 5. The van der Waals surface area contributed by atoms with Crippen LogP contribution in [0, 0.1) is 0 Å². The second-order valence-corrected chi connectivity index (χ2v) is 4.90. The van der Waals surface area contributed by atoms with E-state index < -0.39 is 0 Å². The van der Waals surface area contributed by atoms with Crippen molar-refractivity contribution in [3.05, 3.63) is 34.3 Å². The lowest BCUT2D eigenvalue weighted by molar-refractivity contribution is 0.668. The van der Waals surface area contributed by atoms with Crippen LogP contribution in [0.15, 0.2) is 17.9 Å². The molecule has 0 aliphatic heterocycles. The third kappa shape index (κ3) is 4.11. The predicted molar refractivity (Wildman–Crippen MR) is 72.6 cm³/mol. The maximum atomic E-state index is 4.56. The van der Waals surface area contributed by atoms with Gasteiger partial charge in [-0.15, -0.1) is 23.7 Å². The molecular weight excluding hydrogens is 256 g/mol. The summed E-state index contributed by atoms with van der Waals surface area (Å²) in [6.45, 7) is 5.94. The average molecular weight is 273 g/mol. The molecule has 0 atom stereocenters. The number of nitrogens with zero attached hydrogens (tertiary/aromatic N) is 2. The summed E-state index contributed by atoms with van der Waals surface area (Å²) in [5.41, 5.74) is 2.22. The number of halogens is 1. The molecule has 2 rings (SSSR count). The molecule has 0 aromatic carbocycles. The number of aromatic nitrogens is 3. The minimum atomic E-state index is 0. The van der Waals surface area contributed by atoms with Crippen LogP contribution in [-0.2, 0) is 13.1 Å². The van der Waals surface area contributed by atoms with E-state index in [-0.39, 0.29) is 12.4 Å². The Kier molecular flexibility index (Phi) is 5.61. The molecule has 6 heteroatoms. The van der Waals surface area contributed by atoms with Crippen LogP contribution in [-0.4, -0.2) is 15.0 Å². The number of hydrogen-bond donors (Lipinski definition) is 2. The quantitative estimate of drug-likeness (QED) is 0.880. The number of aromatic amines is 1. The average Bonchev–Trinajstić information content (AvgIpc) is 2.87. The van der Waals surface area contributed by atoms with Gasteiger partial charge in [-0.3, -0.25) is 0 Å². The van der Waals surface area contributed by atoms with Crippen LogP contribution in [0.3, 0.4) is 0 Å². The van der Waals surface area contributed by atoms with Crippen LogP contribution in [0.4, 0.5) is 0 Å². The fourth-order valence-electron chi connectivity index (χ4n) is 1.38. The Labute approximate surface area is 111 Å². The summed E-state index contributed by atoms with van der Waals surface area (Å²) < 4.78 is 0. The van der Waals surface area contributed by atoms with Crippen molar-refractivity contribution in [2.45, 2.75) is 32.9 Å². The number of hydrogen-bond acceptors (Lipinski definition) is 4. The largest absolute Gasteiger partial charge is 0.347 e. The summed E-state index contributed by atoms with van der Waals surface area (Å²) in [5, 5.41) is 6.66. The molecule has 0 aliphatic rings. The van der Waals surface area contributed by atoms with Crippen molar-refractivity contribution >= 4 is 23.7 Å². The van der Waals surface area contributed by atoms with Gasteiger partial charge in [-0.1, -0.05) is 13.8 Å². The normalized spacial score (nSPS) is 10.5. The van der Waals surface area contributed by atoms with Crippen LogP contribution in [0.5, 0.6) is 0 Å². The third-order valence-corrected chi connectivity index (χ3v) is 3.43. The highest BCUT2D eigenvalue weighted by Gasteiger charge is 2.05. The van der Waals surface area contributed by atoms with Gasteiger partial charge in [0, 0.05) is 36.3 Å². The van der Waals surface area contributed by atoms with Crippen molar-refractivity contribution in [1.29, 1.82) is 0 Å². The second kappa shape index (κ2) is 6.74. The number of thiazole rings is 1. The van der Waals surface area contributed by atoms with Gasteiger partial charge < -0.3 is 10.3 Å². The second-order valence-electron chi connectivity index (χ2n) is 4.01. The highest BCUT2D eigenvalue weighted by Crippen LogP contribution is 2.18. The first kappa shape index (κ1) is 14.2. The number of imidazole rings is 1. The molecule has 0 amide bonds. The van der Waals surface area contributed by atoms with E-state index in [0.29, 0.717) is 5.92 Å². The summed E-state index contributed by atoms with van der Waals surface area (Å²) >= 11 is 1.73. The molecule has 94 valence electrons. The lowest BCUT2D eigenvalue weighted by Crippen LogP contribution is -2.13. The summed E-state index contributed by atoms with van der Waals surface area (Å²) in [5.74, 6) is 0.520. The Balaban J connectivity index is 0.00000144. The molecule has 2 N–H and O–H groups in total. The summed E-state index contributed by atoms with van der Waals surface area (Å²) in [4.78, 5) is 11.6. The first-order valence-electron chi connectivity index (χ1n) is 5.38. The van der Waals surface area contributed by atoms with Gasteiger partial charge in [0.1, 0.15) is 0 Å². The minimum Gasteiger partial charge on any atom is -0.347 e. The first-order chi connectivity index (χ1) is 7.75. The standard InChI is InChI=1S/C11H16N4S.ClH/c1-8(2)11-15-10(6-16-11)5-12-3-9-4-13-7-14-9;/h4,6-8,12H,3,5H2,1-2H3,(H,13,14);1H. The summed E-state index contributed by atoms with van der Waals surface area (Å²) in [7, 11) is 0. The predicted octanol–water partition coefficient (Wildman–Crippen LogP) is 2.70. The van der Waals surface area contributed by atoms with Gasteiger partial charge in [0.25, 0.3) is 0 Å². The lowest BCUT2D eigenvalue weighted by Gasteiger charge is -2.00. The Morgan fingerprint density at radius 3 is 2.82 bits per heavy atom. The van der Waals surface area contributed by atoms with Gasteiger partial charge in [-0.2, -0.15) is 0 Å². The van der Waals surface area contributed by atoms with Crippen molar-refractivity contribution in [1.82, 2.24) is 20.3 Å². The van der Waals surface area contributed by atoms with E-state index in [9.17, 15) is 0 Å². The molecule has 0 saturated carbocycles. The third-order valence-electron chi connectivity index (χ3n) is 2.24. The van der Waals surface area contributed by atoms with Crippen LogP contribution >= 0.6 is 23.7 Å². The van der Waals surface area contributed by atoms with E-state index in [4.69, 9.17) is 0 Å². The molecule has 0 fully saturated rings. The maximum absolute atomic E-state index is 4.56. The van der Waals surface area contributed by atoms with Crippen LogP contribution in [0.1, 0.15) is 36.2 Å². The minimum absolute atomic E-state index is 0. The molecule has 0 radical (unpaired) electrons. The zero-order valence-electron chi connectivity index (χ0n) is 9.93. The van der Waals surface area contributed by atoms with Gasteiger partial charge in [0.15, 0.2) is 0 Å². The smallest absolute Gasteiger partial charge is 0.0954 e. The SMILES string of the molecule is CC(C)c1nc(CNCc2cnc[nH]2)cs1.Cl. The maximum Gasteiger partial charge on any atom is 0.0954 e. The zero-order valence-corrected chi connectivity index (χ0v) is 11.6. The van der Waals surface area contributed by atoms with E-state index in [1.165, 1.54) is 5.01 Å². The Hall–Kier alpha value is -0.910.